The molecule has 1 unspecified atom stereocenters. The number of rotatable bonds is 9. The van der Waals surface area contributed by atoms with Gasteiger partial charge in [0.15, 0.2) is 5.71 Å². The summed E-state index contributed by atoms with van der Waals surface area (Å²) >= 11 is 0. The van der Waals surface area contributed by atoms with E-state index in [9.17, 15) is 18.3 Å². The number of aliphatic hydroxyl groups is 2. The van der Waals surface area contributed by atoms with Crippen LogP contribution in [0.15, 0.2) is 18.2 Å². The van der Waals surface area contributed by atoms with Gasteiger partial charge in [0, 0.05) is 37.1 Å². The first-order chi connectivity index (χ1) is 13.0. The van der Waals surface area contributed by atoms with E-state index in [2.05, 4.69) is 23.7 Å². The Morgan fingerprint density at radius 2 is 1.96 bits per heavy atom. The van der Waals surface area contributed by atoms with Gasteiger partial charge in [-0.15, -0.1) is 0 Å². The van der Waals surface area contributed by atoms with Crippen LogP contribution < -0.4 is 5.32 Å². The first-order valence-electron chi connectivity index (χ1n) is 9.25. The van der Waals surface area contributed by atoms with Crippen LogP contribution in [0.1, 0.15) is 49.5 Å². The number of fused-ring (bicyclic) bond motifs is 1. The number of carbonyl (C=O) groups excluding carboxylic acids is 1. The molecular weight excluding hydrogens is 384 g/mol. The Labute approximate surface area is 165 Å². The highest BCUT2D eigenvalue weighted by Gasteiger charge is 2.43. The highest BCUT2D eigenvalue weighted by atomic mass is 32.2. The maximum Gasteiger partial charge on any atom is 0.264 e. The molecule has 28 heavy (non-hydrogen) atoms. The van der Waals surface area contributed by atoms with Crippen LogP contribution in [0.5, 0.6) is 0 Å². The molecule has 1 heterocycles. The van der Waals surface area contributed by atoms with E-state index in [-0.39, 0.29) is 23.6 Å². The first-order valence-corrected chi connectivity index (χ1v) is 10.9. The molecule has 0 aromatic heterocycles. The minimum Gasteiger partial charge on any atom is -0.394 e. The predicted molar refractivity (Wildman–Crippen MR) is 106 cm³/mol. The van der Waals surface area contributed by atoms with Gasteiger partial charge in [0.1, 0.15) is 6.54 Å². The molecule has 2 rings (SSSR count). The lowest BCUT2D eigenvalue weighted by molar-refractivity contribution is -0.439. The summed E-state index contributed by atoms with van der Waals surface area (Å²) in [5.74, 6) is -0.579. The van der Waals surface area contributed by atoms with E-state index >= 15 is 0 Å². The molecular formula is C19H29N2O6S+. The fourth-order valence-electron chi connectivity index (χ4n) is 3.35. The Balaban J connectivity index is 2.17. The number of amides is 1. The lowest BCUT2D eigenvalue weighted by Gasteiger charge is -2.16. The molecule has 0 saturated heterocycles. The van der Waals surface area contributed by atoms with E-state index in [1.54, 1.807) is 6.07 Å². The van der Waals surface area contributed by atoms with Gasteiger partial charge in [0.2, 0.25) is 5.69 Å². The third-order valence-electron chi connectivity index (χ3n) is 5.28. The average Bonchev–Trinajstić information content (AvgIpc) is 2.82. The molecule has 0 spiro atoms. The van der Waals surface area contributed by atoms with Gasteiger partial charge in [0.05, 0.1) is 23.9 Å². The molecule has 0 bridgehead atoms. The maximum absolute atomic E-state index is 12.3. The number of aliphatic hydroxyl groups excluding tert-OH is 2. The topological polar surface area (TPSA) is 127 Å². The van der Waals surface area contributed by atoms with Gasteiger partial charge >= 0.3 is 0 Å². The fraction of sp³-hybridized carbons (Fsp3) is 0.579. The summed E-state index contributed by atoms with van der Waals surface area (Å²) in [5.41, 5.74) is 3.25. The van der Waals surface area contributed by atoms with E-state index in [1.165, 1.54) is 0 Å². The van der Waals surface area contributed by atoms with E-state index in [4.69, 9.17) is 9.66 Å². The van der Waals surface area contributed by atoms with Crippen molar-refractivity contribution in [3.8, 4) is 0 Å². The zero-order chi connectivity index (χ0) is 21.1. The number of hydrogen-bond acceptors (Lipinski definition) is 5. The SMILES string of the molecule is CC1=[N+](CCCCS(=O)(=O)O)c2ccc(C(=O)NCC(O)CO)cc2C1(C)C. The molecule has 1 atom stereocenters. The Bertz CT molecular complexity index is 876. The van der Waals surface area contributed by atoms with Gasteiger partial charge in [-0.3, -0.25) is 9.35 Å². The van der Waals surface area contributed by atoms with Crippen LogP contribution in [0.3, 0.4) is 0 Å². The largest absolute Gasteiger partial charge is 0.394 e. The summed E-state index contributed by atoms with van der Waals surface area (Å²) in [5, 5.41) is 20.8. The first kappa shape index (κ1) is 22.5. The number of benzene rings is 1. The van der Waals surface area contributed by atoms with Gasteiger partial charge in [-0.25, -0.2) is 0 Å². The second-order valence-corrected chi connectivity index (χ2v) is 9.21. The number of nitrogens with one attached hydrogen (secondary N) is 1. The smallest absolute Gasteiger partial charge is 0.264 e. The van der Waals surface area contributed by atoms with Crippen molar-refractivity contribution in [3.63, 3.8) is 0 Å². The zero-order valence-corrected chi connectivity index (χ0v) is 17.3. The fourth-order valence-corrected chi connectivity index (χ4v) is 3.91. The molecule has 0 saturated carbocycles. The monoisotopic (exact) mass is 413 g/mol. The third kappa shape index (κ3) is 5.16. The minimum absolute atomic E-state index is 0.0269. The van der Waals surface area contributed by atoms with Gasteiger partial charge in [-0.05, 0) is 32.4 Å². The second kappa shape index (κ2) is 8.69. The number of nitrogens with zero attached hydrogens (tertiary/aromatic N) is 1. The summed E-state index contributed by atoms with van der Waals surface area (Å²) in [7, 11) is -3.95. The summed E-state index contributed by atoms with van der Waals surface area (Å²) in [4.78, 5) is 12.3. The van der Waals surface area contributed by atoms with Crippen molar-refractivity contribution in [1.82, 2.24) is 5.32 Å². The molecule has 1 amide bonds. The number of hydrogen-bond donors (Lipinski definition) is 4. The molecule has 9 heteroatoms. The van der Waals surface area contributed by atoms with Gasteiger partial charge in [0.25, 0.3) is 16.0 Å². The maximum atomic E-state index is 12.3. The number of carbonyl (C=O) groups is 1. The Kier molecular flexibility index (Phi) is 6.97. The second-order valence-electron chi connectivity index (χ2n) is 7.63. The quantitative estimate of drug-likeness (QED) is 0.270. The van der Waals surface area contributed by atoms with E-state index in [0.717, 1.165) is 17.0 Å². The standard InChI is InChI=1S/C19H28N2O6S/c1-13-19(2,3)16-10-14(18(24)20-11-15(23)12-22)6-7-17(16)21(13)8-4-5-9-28(25,26)27/h6-7,10,15,22-23H,4-5,8-9,11-12H2,1-3H3,(H-,20,24,25,26,27)/p+1. The summed E-state index contributed by atoms with van der Waals surface area (Å²) in [6, 6.07) is 5.41. The molecule has 156 valence electrons. The third-order valence-corrected chi connectivity index (χ3v) is 6.08. The summed E-state index contributed by atoms with van der Waals surface area (Å²) < 4.78 is 32.7. The molecule has 0 fully saturated rings. The van der Waals surface area contributed by atoms with Crippen LogP contribution in [0.4, 0.5) is 5.69 Å². The minimum atomic E-state index is -3.95. The van der Waals surface area contributed by atoms with Crippen molar-refractivity contribution in [2.24, 2.45) is 0 Å². The van der Waals surface area contributed by atoms with Crippen LogP contribution in [0.2, 0.25) is 0 Å². The summed E-state index contributed by atoms with van der Waals surface area (Å²) in [6.45, 7) is 6.32. The Morgan fingerprint density at radius 3 is 2.57 bits per heavy atom. The molecule has 0 aliphatic carbocycles. The van der Waals surface area contributed by atoms with E-state index in [1.807, 2.05) is 19.1 Å². The van der Waals surface area contributed by atoms with Crippen molar-refractivity contribution in [2.45, 2.75) is 45.1 Å². The van der Waals surface area contributed by atoms with Gasteiger partial charge < -0.3 is 15.5 Å². The number of unbranched alkanes of at least 4 members (excludes halogenated alkanes) is 1. The predicted octanol–water partition coefficient (Wildman–Crippen LogP) is 0.834. The molecule has 1 aliphatic heterocycles. The van der Waals surface area contributed by atoms with Crippen molar-refractivity contribution in [1.29, 1.82) is 0 Å². The molecule has 1 aliphatic rings. The van der Waals surface area contributed by atoms with E-state index in [0.29, 0.717) is 24.9 Å². The van der Waals surface area contributed by atoms with Crippen molar-refractivity contribution >= 4 is 27.4 Å². The Morgan fingerprint density at radius 1 is 1.29 bits per heavy atom. The molecule has 8 nitrogen and oxygen atoms in total. The average molecular weight is 414 g/mol. The van der Waals surface area contributed by atoms with Crippen LogP contribution in [0.25, 0.3) is 0 Å². The van der Waals surface area contributed by atoms with E-state index < -0.39 is 22.8 Å². The summed E-state index contributed by atoms with van der Waals surface area (Å²) in [6.07, 6.45) is -0.0244. The Hall–Kier alpha value is -1.81. The zero-order valence-electron chi connectivity index (χ0n) is 16.5. The molecule has 1 aromatic rings. The van der Waals surface area contributed by atoms with Crippen molar-refractivity contribution < 1.29 is 32.6 Å². The van der Waals surface area contributed by atoms with Crippen LogP contribution in [-0.4, -0.2) is 70.9 Å². The lowest BCUT2D eigenvalue weighted by atomic mass is 9.81. The van der Waals surface area contributed by atoms with Gasteiger partial charge in [-0.1, -0.05) is 0 Å². The molecule has 4 N–H and O–H groups in total. The normalized spacial score (nSPS) is 16.8. The van der Waals surface area contributed by atoms with Crippen LogP contribution in [-0.2, 0) is 15.5 Å². The van der Waals surface area contributed by atoms with Crippen molar-refractivity contribution in [3.05, 3.63) is 29.3 Å². The van der Waals surface area contributed by atoms with Crippen LogP contribution >= 0.6 is 0 Å². The highest BCUT2D eigenvalue weighted by Crippen LogP contribution is 2.40. The molecule has 1 aromatic carbocycles. The highest BCUT2D eigenvalue weighted by molar-refractivity contribution is 7.85. The lowest BCUT2D eigenvalue weighted by Crippen LogP contribution is -2.34. The van der Waals surface area contributed by atoms with Crippen molar-refractivity contribution in [2.75, 3.05) is 25.4 Å². The van der Waals surface area contributed by atoms with Crippen LogP contribution in [0, 0.1) is 0 Å². The molecule has 0 radical (unpaired) electrons. The van der Waals surface area contributed by atoms with Gasteiger partial charge in [-0.2, -0.15) is 13.0 Å².